The van der Waals surface area contributed by atoms with Gasteiger partial charge >= 0.3 is 8.80 Å². The second-order valence-electron chi connectivity index (χ2n) is 11.3. The fourth-order valence-electron chi connectivity index (χ4n) is 5.07. The number of hydrogen-bond donors (Lipinski definition) is 0. The average molecular weight is 552 g/mol. The van der Waals surface area contributed by atoms with Gasteiger partial charge in [-0.1, -0.05) is 104 Å². The van der Waals surface area contributed by atoms with Gasteiger partial charge < -0.3 is 30.2 Å². The Morgan fingerprint density at radius 3 is 1.19 bits per heavy atom. The molecule has 0 saturated heterocycles. The van der Waals surface area contributed by atoms with E-state index in [0.29, 0.717) is 25.4 Å². The third-order valence-corrected chi connectivity index (χ3v) is 11.0. The van der Waals surface area contributed by atoms with Crippen LogP contribution in [-0.4, -0.2) is 60.3 Å². The molecular weight excluding hydrogens is 486 g/mol. The van der Waals surface area contributed by atoms with Gasteiger partial charge in [-0.25, -0.2) is 0 Å². The Morgan fingerprint density at radius 2 is 0.861 bits per heavy atom. The molecule has 4 nitrogen and oxygen atoms in total. The summed E-state index contributed by atoms with van der Waals surface area (Å²) in [5.74, 6) is 0. The first kappa shape index (κ1) is 38.5. The minimum Gasteiger partial charge on any atom is -1.00 e. The van der Waals surface area contributed by atoms with Crippen molar-refractivity contribution >= 4 is 8.80 Å². The molecule has 220 valence electrons. The zero-order valence-electron chi connectivity index (χ0n) is 25.7. The van der Waals surface area contributed by atoms with Crippen molar-refractivity contribution in [1.29, 1.82) is 0 Å². The maximum Gasteiger partial charge on any atom is 0.504 e. The first-order chi connectivity index (χ1) is 16.9. The molecule has 0 aliphatic rings. The van der Waals surface area contributed by atoms with Crippen molar-refractivity contribution in [3.8, 4) is 0 Å². The summed E-state index contributed by atoms with van der Waals surface area (Å²) in [6.45, 7) is 15.1. The van der Waals surface area contributed by atoms with Crippen LogP contribution in [0.1, 0.15) is 144 Å². The fourth-order valence-corrected chi connectivity index (χ4v) is 7.87. The van der Waals surface area contributed by atoms with E-state index >= 15 is 0 Å². The highest BCUT2D eigenvalue weighted by Gasteiger charge is 2.47. The molecule has 0 heterocycles. The topological polar surface area (TPSA) is 27.7 Å². The van der Waals surface area contributed by atoms with Gasteiger partial charge in [0.2, 0.25) is 0 Å². The van der Waals surface area contributed by atoms with E-state index in [4.69, 9.17) is 13.3 Å². The summed E-state index contributed by atoms with van der Waals surface area (Å²) in [7, 11) is 2.17. The molecule has 0 fully saturated rings. The van der Waals surface area contributed by atoms with Crippen molar-refractivity contribution in [2.45, 2.75) is 149 Å². The summed E-state index contributed by atoms with van der Waals surface area (Å²) in [6.07, 6.45) is 24.0. The molecule has 1 unspecified atom stereocenters. The lowest BCUT2D eigenvalue weighted by atomic mass is 10.0. The van der Waals surface area contributed by atoms with E-state index in [1.165, 1.54) is 109 Å². The Bertz CT molecular complexity index is 437. The third-order valence-electron chi connectivity index (χ3n) is 7.42. The molecule has 0 aromatic carbocycles. The molecule has 0 radical (unpaired) electrons. The highest BCUT2D eigenvalue weighted by molar-refractivity contribution is 6.62. The van der Waals surface area contributed by atoms with Gasteiger partial charge in [0.05, 0.1) is 27.2 Å². The molecule has 0 saturated carbocycles. The Morgan fingerprint density at radius 1 is 0.528 bits per heavy atom. The number of rotatable bonds is 27. The molecule has 0 aliphatic carbocycles. The van der Waals surface area contributed by atoms with Crippen LogP contribution in [0.2, 0.25) is 5.54 Å². The van der Waals surface area contributed by atoms with Gasteiger partial charge in [-0.3, -0.25) is 0 Å². The van der Waals surface area contributed by atoms with Crippen molar-refractivity contribution in [2.75, 3.05) is 47.0 Å². The lowest BCUT2D eigenvalue weighted by molar-refractivity contribution is -0.890. The predicted molar refractivity (Wildman–Crippen MR) is 156 cm³/mol. The molecule has 0 aromatic heterocycles. The molecular formula is C30H66ClNO3Si. The van der Waals surface area contributed by atoms with Crippen LogP contribution in [0.4, 0.5) is 0 Å². The van der Waals surface area contributed by atoms with Crippen LogP contribution in [0.15, 0.2) is 0 Å². The van der Waals surface area contributed by atoms with Crippen molar-refractivity contribution in [1.82, 2.24) is 0 Å². The lowest BCUT2D eigenvalue weighted by Crippen LogP contribution is -3.00. The monoisotopic (exact) mass is 551 g/mol. The Balaban J connectivity index is 0. The van der Waals surface area contributed by atoms with Crippen LogP contribution < -0.4 is 12.4 Å². The van der Waals surface area contributed by atoms with Crippen LogP contribution >= 0.6 is 0 Å². The van der Waals surface area contributed by atoms with Crippen molar-refractivity contribution in [2.24, 2.45) is 0 Å². The van der Waals surface area contributed by atoms with Crippen molar-refractivity contribution < 1.29 is 30.2 Å². The van der Waals surface area contributed by atoms with Crippen LogP contribution in [0.25, 0.3) is 0 Å². The summed E-state index contributed by atoms with van der Waals surface area (Å²) in [4.78, 5) is 0. The maximum absolute atomic E-state index is 6.12. The quantitative estimate of drug-likeness (QED) is 0.0695. The number of nitrogens with zero attached hydrogens (tertiary/aromatic N) is 1. The number of halogens is 1. The van der Waals surface area contributed by atoms with E-state index < -0.39 is 8.80 Å². The minimum absolute atomic E-state index is 0. The highest BCUT2D eigenvalue weighted by Crippen LogP contribution is 2.29. The van der Waals surface area contributed by atoms with E-state index in [1.54, 1.807) is 0 Å². The van der Waals surface area contributed by atoms with Crippen LogP contribution in [0, 0.1) is 0 Å². The fraction of sp³-hybridized carbons (Fsp3) is 1.00. The molecule has 0 N–H and O–H groups in total. The molecule has 36 heavy (non-hydrogen) atoms. The molecule has 0 bridgehead atoms. The molecule has 0 aromatic rings. The van der Waals surface area contributed by atoms with E-state index in [0.717, 1.165) is 17.4 Å². The smallest absolute Gasteiger partial charge is 0.504 e. The van der Waals surface area contributed by atoms with Crippen LogP contribution in [-0.2, 0) is 13.3 Å². The van der Waals surface area contributed by atoms with Crippen LogP contribution in [0.3, 0.4) is 0 Å². The van der Waals surface area contributed by atoms with Gasteiger partial charge in [0.1, 0.15) is 0 Å². The summed E-state index contributed by atoms with van der Waals surface area (Å²) in [6, 6.07) is 0. The Kier molecular flexibility index (Phi) is 27.4. The first-order valence-corrected chi connectivity index (χ1v) is 17.4. The molecule has 6 heteroatoms. The second-order valence-corrected chi connectivity index (χ2v) is 14.3. The van der Waals surface area contributed by atoms with Crippen molar-refractivity contribution in [3.05, 3.63) is 0 Å². The van der Waals surface area contributed by atoms with Gasteiger partial charge in [0.25, 0.3) is 0 Å². The van der Waals surface area contributed by atoms with E-state index in [1.807, 2.05) is 20.8 Å². The van der Waals surface area contributed by atoms with E-state index in [9.17, 15) is 0 Å². The Labute approximate surface area is 235 Å². The van der Waals surface area contributed by atoms with Gasteiger partial charge in [-0.2, -0.15) is 0 Å². The molecule has 0 spiro atoms. The average Bonchev–Trinajstić information content (AvgIpc) is 2.82. The van der Waals surface area contributed by atoms with E-state index in [-0.39, 0.29) is 12.4 Å². The molecule has 0 aliphatic heterocycles. The summed E-state index contributed by atoms with van der Waals surface area (Å²) < 4.78 is 19.4. The SMILES string of the molecule is CCCCCCCCCCCCCCCCCC[N+](C)(C)CCC(C)[Si](OCC)(OCC)OCC.[Cl-]. The van der Waals surface area contributed by atoms with Gasteiger partial charge in [-0.15, -0.1) is 0 Å². The summed E-state index contributed by atoms with van der Waals surface area (Å²) in [5.41, 5.74) is 0.338. The molecule has 0 amide bonds. The first-order valence-electron chi connectivity index (χ1n) is 15.6. The summed E-state index contributed by atoms with van der Waals surface area (Å²) >= 11 is 0. The standard InChI is InChI=1S/C30H66NO3Si.ClH/c1-8-12-13-14-15-16-17-18-19-20-21-22-23-24-25-26-28-31(6,7)29-27-30(5)35(32-9-2,33-10-3)34-11-4;/h30H,8-29H2,1-7H3;1H/q+1;/p-1. The number of hydrogen-bond acceptors (Lipinski definition) is 3. The minimum atomic E-state index is -2.59. The van der Waals surface area contributed by atoms with E-state index in [2.05, 4.69) is 27.9 Å². The zero-order chi connectivity index (χ0) is 26.3. The van der Waals surface area contributed by atoms with Gasteiger partial charge in [0.15, 0.2) is 0 Å². The lowest BCUT2D eigenvalue weighted by Gasteiger charge is -2.36. The van der Waals surface area contributed by atoms with Gasteiger partial charge in [0, 0.05) is 31.8 Å². The highest BCUT2D eigenvalue weighted by atomic mass is 35.5. The molecule has 0 rings (SSSR count). The number of quaternary nitrogens is 1. The van der Waals surface area contributed by atoms with Crippen LogP contribution in [0.5, 0.6) is 0 Å². The van der Waals surface area contributed by atoms with Gasteiger partial charge in [-0.05, 0) is 33.6 Å². The number of unbranched alkanes of at least 4 members (excludes halogenated alkanes) is 15. The largest absolute Gasteiger partial charge is 1.00 e. The normalized spacial score (nSPS) is 13.1. The maximum atomic E-state index is 6.12. The third kappa shape index (κ3) is 20.3. The predicted octanol–water partition coefficient (Wildman–Crippen LogP) is 6.16. The van der Waals surface area contributed by atoms with Crippen molar-refractivity contribution in [3.63, 3.8) is 0 Å². The second kappa shape index (κ2) is 25.6. The Hall–Kier alpha value is 0.347. The molecule has 1 atom stereocenters. The zero-order valence-corrected chi connectivity index (χ0v) is 27.4. The summed E-state index contributed by atoms with van der Waals surface area (Å²) in [5, 5.41) is 0.